The molecule has 5 nitrogen and oxygen atoms in total. The summed E-state index contributed by atoms with van der Waals surface area (Å²) in [6.45, 7) is 0.720. The Balaban J connectivity index is 1.46. The summed E-state index contributed by atoms with van der Waals surface area (Å²) >= 11 is 12.0. The molecule has 0 bridgehead atoms. The van der Waals surface area contributed by atoms with E-state index in [1.165, 1.54) is 0 Å². The number of nitrogens with zero attached hydrogens (tertiary/aromatic N) is 1. The van der Waals surface area contributed by atoms with Gasteiger partial charge in [0.15, 0.2) is 0 Å². The highest BCUT2D eigenvalue weighted by molar-refractivity contribution is 6.35. The van der Waals surface area contributed by atoms with Crippen LogP contribution in [-0.2, 0) is 6.42 Å². The van der Waals surface area contributed by atoms with Crippen molar-refractivity contribution in [2.24, 2.45) is 0 Å². The first kappa shape index (κ1) is 16.9. The Kier molecular flexibility index (Phi) is 5.43. The van der Waals surface area contributed by atoms with E-state index in [1.807, 2.05) is 18.2 Å². The monoisotopic (exact) mass is 364 g/mol. The Morgan fingerprint density at radius 1 is 1.21 bits per heavy atom. The van der Waals surface area contributed by atoms with E-state index in [4.69, 9.17) is 23.2 Å². The molecule has 1 heterocycles. The largest absolute Gasteiger partial charge is 0.383 e. The quantitative estimate of drug-likeness (QED) is 0.714. The predicted molar refractivity (Wildman–Crippen MR) is 98.1 cm³/mol. The van der Waals surface area contributed by atoms with E-state index in [1.54, 1.807) is 18.3 Å². The summed E-state index contributed by atoms with van der Waals surface area (Å²) in [4.78, 5) is 15.9. The third-order valence-corrected chi connectivity index (χ3v) is 4.24. The molecule has 3 N–H and O–H groups in total. The van der Waals surface area contributed by atoms with Crippen molar-refractivity contribution in [3.63, 3.8) is 0 Å². The third-order valence-electron chi connectivity index (χ3n) is 3.66. The molecule has 0 saturated heterocycles. The van der Waals surface area contributed by atoms with Gasteiger partial charge >= 0.3 is 6.03 Å². The fraction of sp³-hybridized carbons (Fsp3) is 0.294. The standard InChI is InChI=1S/C17H18Cl2N4O/c18-12-2-1-11(15(19)9-12)7-8-20-14-5-6-16(21-10-14)23-17(24)22-13-3-4-13/h1-2,5-6,9-10,13,20H,3-4,7-8H2,(H2,21,22,23,24). The first-order valence-corrected chi connectivity index (χ1v) is 8.57. The van der Waals surface area contributed by atoms with Crippen molar-refractivity contribution in [2.75, 3.05) is 17.2 Å². The highest BCUT2D eigenvalue weighted by Gasteiger charge is 2.23. The smallest absolute Gasteiger partial charge is 0.320 e. The highest BCUT2D eigenvalue weighted by Crippen LogP contribution is 2.21. The lowest BCUT2D eigenvalue weighted by molar-refractivity contribution is 0.251. The Bertz CT molecular complexity index is 717. The van der Waals surface area contributed by atoms with Gasteiger partial charge in [0.1, 0.15) is 5.82 Å². The van der Waals surface area contributed by atoms with Crippen molar-refractivity contribution in [3.05, 3.63) is 52.1 Å². The lowest BCUT2D eigenvalue weighted by atomic mass is 10.1. The molecule has 1 aliphatic carbocycles. The van der Waals surface area contributed by atoms with E-state index in [9.17, 15) is 4.79 Å². The van der Waals surface area contributed by atoms with Crippen LogP contribution >= 0.6 is 23.2 Å². The first-order valence-electron chi connectivity index (χ1n) is 7.81. The Morgan fingerprint density at radius 3 is 2.71 bits per heavy atom. The number of urea groups is 1. The lowest BCUT2D eigenvalue weighted by Gasteiger charge is -2.09. The van der Waals surface area contributed by atoms with Crippen LogP contribution in [0.2, 0.25) is 10.0 Å². The zero-order chi connectivity index (χ0) is 16.9. The van der Waals surface area contributed by atoms with Gasteiger partial charge in [-0.3, -0.25) is 5.32 Å². The molecule has 0 unspecified atom stereocenters. The molecular weight excluding hydrogens is 347 g/mol. The number of aromatic nitrogens is 1. The Hall–Kier alpha value is -1.98. The molecule has 1 saturated carbocycles. The van der Waals surface area contributed by atoms with E-state index in [0.717, 1.165) is 37.1 Å². The van der Waals surface area contributed by atoms with Crippen LogP contribution in [0, 0.1) is 0 Å². The molecule has 1 aliphatic rings. The van der Waals surface area contributed by atoms with Gasteiger partial charge in [0.05, 0.1) is 11.9 Å². The van der Waals surface area contributed by atoms with Gasteiger partial charge in [-0.05, 0) is 49.1 Å². The second-order valence-corrected chi connectivity index (χ2v) is 6.56. The summed E-state index contributed by atoms with van der Waals surface area (Å²) in [7, 11) is 0. The molecular formula is C17H18Cl2N4O. The van der Waals surface area contributed by atoms with Crippen molar-refractivity contribution in [1.82, 2.24) is 10.3 Å². The first-order chi connectivity index (χ1) is 11.6. The normalized spacial score (nSPS) is 13.4. The molecule has 126 valence electrons. The number of carbonyl (C=O) groups is 1. The second kappa shape index (κ2) is 7.73. The van der Waals surface area contributed by atoms with Crippen LogP contribution in [0.15, 0.2) is 36.5 Å². The average Bonchev–Trinajstić information content (AvgIpc) is 3.35. The minimum Gasteiger partial charge on any atom is -0.383 e. The molecule has 0 spiro atoms. The minimum absolute atomic E-state index is 0.205. The van der Waals surface area contributed by atoms with E-state index >= 15 is 0 Å². The van der Waals surface area contributed by atoms with Gasteiger partial charge < -0.3 is 10.6 Å². The third kappa shape index (κ3) is 5.01. The van der Waals surface area contributed by atoms with E-state index in [2.05, 4.69) is 20.9 Å². The number of amides is 2. The zero-order valence-corrected chi connectivity index (χ0v) is 14.5. The van der Waals surface area contributed by atoms with Crippen LogP contribution in [0.5, 0.6) is 0 Å². The molecule has 2 aromatic rings. The zero-order valence-electron chi connectivity index (χ0n) is 13.0. The number of halogens is 2. The van der Waals surface area contributed by atoms with Gasteiger partial charge in [0.2, 0.25) is 0 Å². The highest BCUT2D eigenvalue weighted by atomic mass is 35.5. The molecule has 3 rings (SSSR count). The summed E-state index contributed by atoms with van der Waals surface area (Å²) in [5.74, 6) is 0.527. The van der Waals surface area contributed by atoms with Gasteiger partial charge in [-0.25, -0.2) is 9.78 Å². The molecule has 0 radical (unpaired) electrons. The van der Waals surface area contributed by atoms with Crippen LogP contribution in [0.25, 0.3) is 0 Å². The van der Waals surface area contributed by atoms with Crippen LogP contribution in [0.4, 0.5) is 16.3 Å². The Morgan fingerprint density at radius 2 is 2.04 bits per heavy atom. The van der Waals surface area contributed by atoms with Gasteiger partial charge in [-0.1, -0.05) is 29.3 Å². The molecule has 7 heteroatoms. The SMILES string of the molecule is O=C(Nc1ccc(NCCc2ccc(Cl)cc2Cl)cn1)NC1CC1. The average molecular weight is 365 g/mol. The van der Waals surface area contributed by atoms with Gasteiger partial charge in [-0.15, -0.1) is 0 Å². The van der Waals surface area contributed by atoms with Gasteiger partial charge in [0.25, 0.3) is 0 Å². The van der Waals surface area contributed by atoms with Crippen molar-refractivity contribution < 1.29 is 4.79 Å². The van der Waals surface area contributed by atoms with Crippen molar-refractivity contribution in [3.8, 4) is 0 Å². The maximum atomic E-state index is 11.6. The lowest BCUT2D eigenvalue weighted by Crippen LogP contribution is -2.30. The fourth-order valence-corrected chi connectivity index (χ4v) is 2.71. The molecule has 2 amide bonds. The Labute approximate surface area is 150 Å². The molecule has 1 fully saturated rings. The number of benzene rings is 1. The topological polar surface area (TPSA) is 66.0 Å². The summed E-state index contributed by atoms with van der Waals surface area (Å²) in [6, 6.07) is 9.27. The summed E-state index contributed by atoms with van der Waals surface area (Å²) in [5.41, 5.74) is 1.92. The fourth-order valence-electron chi connectivity index (χ4n) is 2.20. The van der Waals surface area contributed by atoms with Crippen LogP contribution in [0.1, 0.15) is 18.4 Å². The minimum atomic E-state index is -0.205. The second-order valence-electron chi connectivity index (χ2n) is 5.72. The molecule has 0 aliphatic heterocycles. The number of hydrogen-bond acceptors (Lipinski definition) is 3. The predicted octanol–water partition coefficient (Wildman–Crippen LogP) is 4.33. The molecule has 0 atom stereocenters. The van der Waals surface area contributed by atoms with Gasteiger partial charge in [0, 0.05) is 22.6 Å². The maximum absolute atomic E-state index is 11.6. The van der Waals surface area contributed by atoms with Crippen LogP contribution < -0.4 is 16.0 Å². The summed E-state index contributed by atoms with van der Waals surface area (Å²) < 4.78 is 0. The van der Waals surface area contributed by atoms with Crippen molar-refractivity contribution in [1.29, 1.82) is 0 Å². The van der Waals surface area contributed by atoms with E-state index in [0.29, 0.717) is 21.9 Å². The number of pyridine rings is 1. The van der Waals surface area contributed by atoms with Crippen LogP contribution in [-0.4, -0.2) is 23.6 Å². The van der Waals surface area contributed by atoms with Crippen molar-refractivity contribution >= 4 is 40.7 Å². The number of hydrogen-bond donors (Lipinski definition) is 3. The number of carbonyl (C=O) groups excluding carboxylic acids is 1. The van der Waals surface area contributed by atoms with E-state index < -0.39 is 0 Å². The maximum Gasteiger partial charge on any atom is 0.320 e. The number of rotatable bonds is 6. The molecule has 1 aromatic heterocycles. The summed E-state index contributed by atoms with van der Waals surface area (Å²) in [6.07, 6.45) is 4.58. The van der Waals surface area contributed by atoms with E-state index in [-0.39, 0.29) is 6.03 Å². The van der Waals surface area contributed by atoms with Crippen LogP contribution in [0.3, 0.4) is 0 Å². The van der Waals surface area contributed by atoms with Crippen molar-refractivity contribution in [2.45, 2.75) is 25.3 Å². The summed E-state index contributed by atoms with van der Waals surface area (Å²) in [5, 5.41) is 10.1. The number of nitrogens with one attached hydrogen (secondary N) is 3. The molecule has 1 aromatic carbocycles. The number of anilines is 2. The van der Waals surface area contributed by atoms with Gasteiger partial charge in [-0.2, -0.15) is 0 Å². The molecule has 24 heavy (non-hydrogen) atoms.